The average Bonchev–Trinajstić information content (AvgIpc) is 2.33. The zero-order valence-corrected chi connectivity index (χ0v) is 11.2. The second-order valence-corrected chi connectivity index (χ2v) is 5.03. The van der Waals surface area contributed by atoms with Crippen molar-refractivity contribution in [1.29, 1.82) is 0 Å². The third kappa shape index (κ3) is 5.04. The fourth-order valence-electron chi connectivity index (χ4n) is 2.24. The maximum atomic E-state index is 12.0. The molecule has 0 bridgehead atoms. The number of amides is 1. The molecule has 5 heteroatoms. The summed E-state index contributed by atoms with van der Waals surface area (Å²) in [4.78, 5) is 24.4. The Labute approximate surface area is 108 Å². The first-order valence-corrected chi connectivity index (χ1v) is 6.63. The molecule has 1 aliphatic rings. The number of hydrogen-bond donors (Lipinski definition) is 1. The lowest BCUT2D eigenvalue weighted by atomic mass is 9.98. The second-order valence-electron chi connectivity index (χ2n) is 5.03. The number of carboxylic acid groups (broad SMARTS) is 1. The van der Waals surface area contributed by atoms with E-state index in [1.54, 1.807) is 4.90 Å². The highest BCUT2D eigenvalue weighted by molar-refractivity contribution is 5.78. The molecule has 1 saturated heterocycles. The molecule has 1 heterocycles. The number of likely N-dealkylation sites (tertiary alicyclic amines) is 1. The molecule has 1 aliphatic heterocycles. The van der Waals surface area contributed by atoms with Crippen molar-refractivity contribution in [2.24, 2.45) is 0 Å². The van der Waals surface area contributed by atoms with E-state index < -0.39 is 5.97 Å². The van der Waals surface area contributed by atoms with Crippen molar-refractivity contribution in [1.82, 2.24) is 4.90 Å². The minimum absolute atomic E-state index is 0.0150. The van der Waals surface area contributed by atoms with E-state index in [-0.39, 0.29) is 31.1 Å². The first-order chi connectivity index (χ1) is 8.50. The Balaban J connectivity index is 2.47. The number of ether oxygens (including phenoxy) is 1. The molecule has 0 saturated carbocycles. The molecule has 1 amide bonds. The van der Waals surface area contributed by atoms with Gasteiger partial charge in [0.2, 0.25) is 5.91 Å². The van der Waals surface area contributed by atoms with Crippen LogP contribution in [0.25, 0.3) is 0 Å². The molecule has 5 nitrogen and oxygen atoms in total. The Morgan fingerprint density at radius 3 is 2.72 bits per heavy atom. The fraction of sp³-hybridized carbons (Fsp3) is 0.846. The zero-order valence-electron chi connectivity index (χ0n) is 11.2. The Kier molecular flexibility index (Phi) is 6.12. The molecule has 1 N–H and O–H groups in total. The molecule has 0 aliphatic carbocycles. The predicted molar refractivity (Wildman–Crippen MR) is 67.3 cm³/mol. The third-order valence-electron chi connectivity index (χ3n) is 3.18. The van der Waals surface area contributed by atoms with Crippen LogP contribution in [0.4, 0.5) is 0 Å². The molecule has 0 unspecified atom stereocenters. The highest BCUT2D eigenvalue weighted by Crippen LogP contribution is 2.21. The molecule has 0 aromatic heterocycles. The van der Waals surface area contributed by atoms with E-state index in [0.717, 1.165) is 25.8 Å². The number of carbonyl (C=O) groups excluding carboxylic acids is 1. The van der Waals surface area contributed by atoms with Crippen molar-refractivity contribution < 1.29 is 19.4 Å². The topological polar surface area (TPSA) is 66.8 Å². The van der Waals surface area contributed by atoms with Gasteiger partial charge in [-0.25, -0.2) is 0 Å². The number of nitrogens with zero attached hydrogens (tertiary/aromatic N) is 1. The number of rotatable bonds is 6. The molecule has 0 spiro atoms. The largest absolute Gasteiger partial charge is 0.481 e. The van der Waals surface area contributed by atoms with Gasteiger partial charge in [-0.2, -0.15) is 0 Å². The van der Waals surface area contributed by atoms with Crippen LogP contribution in [0.1, 0.15) is 46.0 Å². The molecule has 1 rings (SSSR count). The van der Waals surface area contributed by atoms with E-state index in [1.807, 2.05) is 13.8 Å². The van der Waals surface area contributed by atoms with Gasteiger partial charge in [-0.3, -0.25) is 9.59 Å². The summed E-state index contributed by atoms with van der Waals surface area (Å²) in [6.07, 6.45) is 3.68. The van der Waals surface area contributed by atoms with Gasteiger partial charge < -0.3 is 14.7 Å². The Hall–Kier alpha value is -1.10. The van der Waals surface area contributed by atoms with Gasteiger partial charge in [0.1, 0.15) is 6.61 Å². The van der Waals surface area contributed by atoms with Crippen LogP contribution in [-0.4, -0.2) is 47.2 Å². The Morgan fingerprint density at radius 2 is 2.11 bits per heavy atom. The van der Waals surface area contributed by atoms with Gasteiger partial charge in [-0.05, 0) is 39.5 Å². The van der Waals surface area contributed by atoms with E-state index in [0.29, 0.717) is 6.42 Å². The number of piperidine rings is 1. The molecule has 0 radical (unpaired) electrons. The first-order valence-electron chi connectivity index (χ1n) is 6.63. The lowest BCUT2D eigenvalue weighted by Crippen LogP contribution is -2.45. The van der Waals surface area contributed by atoms with Crippen LogP contribution < -0.4 is 0 Å². The lowest BCUT2D eigenvalue weighted by molar-refractivity contribution is -0.143. The van der Waals surface area contributed by atoms with Crippen molar-refractivity contribution in [3.8, 4) is 0 Å². The monoisotopic (exact) mass is 257 g/mol. The van der Waals surface area contributed by atoms with Gasteiger partial charge in [0.05, 0.1) is 6.10 Å². The maximum absolute atomic E-state index is 12.0. The fourth-order valence-corrected chi connectivity index (χ4v) is 2.24. The predicted octanol–water partition coefficient (Wildman–Crippen LogP) is 1.66. The van der Waals surface area contributed by atoms with Gasteiger partial charge >= 0.3 is 5.97 Å². The summed E-state index contributed by atoms with van der Waals surface area (Å²) in [6, 6.07) is 0.0677. The smallest absolute Gasteiger partial charge is 0.303 e. The van der Waals surface area contributed by atoms with Gasteiger partial charge in [-0.15, -0.1) is 0 Å². The van der Waals surface area contributed by atoms with Crippen LogP contribution in [0.2, 0.25) is 0 Å². The van der Waals surface area contributed by atoms with E-state index >= 15 is 0 Å². The van der Waals surface area contributed by atoms with E-state index in [2.05, 4.69) is 0 Å². The van der Waals surface area contributed by atoms with E-state index in [4.69, 9.17) is 9.84 Å². The minimum Gasteiger partial charge on any atom is -0.481 e. The van der Waals surface area contributed by atoms with Crippen LogP contribution in [0.15, 0.2) is 0 Å². The first kappa shape index (κ1) is 15.0. The molecule has 104 valence electrons. The quantitative estimate of drug-likeness (QED) is 0.785. The van der Waals surface area contributed by atoms with Crippen molar-refractivity contribution in [2.45, 2.75) is 58.1 Å². The molecule has 18 heavy (non-hydrogen) atoms. The van der Waals surface area contributed by atoms with Crippen LogP contribution in [0.5, 0.6) is 0 Å². The minimum atomic E-state index is -0.800. The molecule has 1 atom stereocenters. The lowest BCUT2D eigenvalue weighted by Gasteiger charge is -2.35. The van der Waals surface area contributed by atoms with Crippen LogP contribution in [0.3, 0.4) is 0 Å². The number of carbonyl (C=O) groups is 2. The summed E-state index contributed by atoms with van der Waals surface area (Å²) < 4.78 is 5.32. The second kappa shape index (κ2) is 7.36. The summed E-state index contributed by atoms with van der Waals surface area (Å²) >= 11 is 0. The summed E-state index contributed by atoms with van der Waals surface area (Å²) in [5, 5.41) is 8.72. The number of hydrogen-bond acceptors (Lipinski definition) is 3. The normalized spacial score (nSPS) is 20.2. The maximum Gasteiger partial charge on any atom is 0.303 e. The van der Waals surface area contributed by atoms with Gasteiger partial charge in [0.15, 0.2) is 0 Å². The van der Waals surface area contributed by atoms with E-state index in [9.17, 15) is 9.59 Å². The highest BCUT2D eigenvalue weighted by Gasteiger charge is 2.26. The van der Waals surface area contributed by atoms with Crippen molar-refractivity contribution in [2.75, 3.05) is 13.2 Å². The molecular weight excluding hydrogens is 234 g/mol. The van der Waals surface area contributed by atoms with Crippen LogP contribution in [0, 0.1) is 0 Å². The van der Waals surface area contributed by atoms with Crippen LogP contribution in [-0.2, 0) is 14.3 Å². The zero-order chi connectivity index (χ0) is 13.5. The van der Waals surface area contributed by atoms with E-state index in [1.165, 1.54) is 0 Å². The third-order valence-corrected chi connectivity index (χ3v) is 3.18. The summed E-state index contributed by atoms with van der Waals surface area (Å²) in [5.74, 6) is -0.815. The van der Waals surface area contributed by atoms with Crippen molar-refractivity contribution >= 4 is 11.9 Å². The Bertz CT molecular complexity index is 291. The highest BCUT2D eigenvalue weighted by atomic mass is 16.5. The SMILES string of the molecule is CC(C)OCC(=O)N1CCCC[C@@H]1CCC(=O)O. The summed E-state index contributed by atoms with van der Waals surface area (Å²) in [5.41, 5.74) is 0. The van der Waals surface area contributed by atoms with Crippen molar-refractivity contribution in [3.05, 3.63) is 0 Å². The number of aliphatic carboxylic acids is 1. The summed E-state index contributed by atoms with van der Waals surface area (Å²) in [7, 11) is 0. The van der Waals surface area contributed by atoms with Crippen molar-refractivity contribution in [3.63, 3.8) is 0 Å². The molecule has 1 fully saturated rings. The molecule has 0 aromatic rings. The van der Waals surface area contributed by atoms with Gasteiger partial charge in [0.25, 0.3) is 0 Å². The summed E-state index contributed by atoms with van der Waals surface area (Å²) in [6.45, 7) is 4.61. The van der Waals surface area contributed by atoms with Gasteiger partial charge in [-0.1, -0.05) is 0 Å². The molecular formula is C13H23NO4. The van der Waals surface area contributed by atoms with Crippen LogP contribution >= 0.6 is 0 Å². The Morgan fingerprint density at radius 1 is 1.39 bits per heavy atom. The number of carboxylic acids is 1. The average molecular weight is 257 g/mol. The molecule has 0 aromatic carbocycles. The van der Waals surface area contributed by atoms with Gasteiger partial charge in [0, 0.05) is 19.0 Å². The standard InChI is InChI=1S/C13H23NO4/c1-10(2)18-9-12(15)14-8-4-3-5-11(14)6-7-13(16)17/h10-11H,3-9H2,1-2H3,(H,16,17)/t11-/m1/s1.